The molecule has 0 amide bonds. The molecule has 0 aliphatic rings. The van der Waals surface area contributed by atoms with E-state index in [9.17, 15) is 26.0 Å². The van der Waals surface area contributed by atoms with Gasteiger partial charge < -0.3 is 4.74 Å². The number of hydrogen-bond acceptors (Lipinski definition) is 4. The second-order valence-corrected chi connectivity index (χ2v) is 8.84. The Balaban J connectivity index is 2.45. The van der Waals surface area contributed by atoms with E-state index in [0.717, 1.165) is 18.4 Å². The lowest BCUT2D eigenvalue weighted by Crippen LogP contribution is -2.13. The average Bonchev–Trinajstić information content (AvgIpc) is 2.71. The molecule has 1 aromatic heterocycles. The molecule has 3 aromatic rings. The van der Waals surface area contributed by atoms with E-state index in [1.165, 1.54) is 42.5 Å². The van der Waals surface area contributed by atoms with E-state index in [1.807, 2.05) is 0 Å². The van der Waals surface area contributed by atoms with Gasteiger partial charge in [0, 0.05) is 23.4 Å². The molecule has 3 rings (SSSR count). The molecule has 0 spiro atoms. The number of ether oxygens (including phenoxy) is 1. The number of benzene rings is 2. The van der Waals surface area contributed by atoms with Crippen LogP contribution in [0.25, 0.3) is 22.3 Å². The van der Waals surface area contributed by atoms with Crippen LogP contribution in [0.1, 0.15) is 19.0 Å². The van der Waals surface area contributed by atoms with Gasteiger partial charge in [-0.1, -0.05) is 37.3 Å². The summed E-state index contributed by atoms with van der Waals surface area (Å²) in [6, 6.07) is 11.5. The molecule has 0 aliphatic heterocycles. The highest BCUT2D eigenvalue weighted by molar-refractivity contribution is 7.90. The number of rotatable bonds is 6. The first-order valence-electron chi connectivity index (χ1n) is 9.32. The van der Waals surface area contributed by atoms with Crippen molar-refractivity contribution in [2.24, 2.45) is 0 Å². The van der Waals surface area contributed by atoms with Crippen molar-refractivity contribution in [1.82, 2.24) is 4.98 Å². The van der Waals surface area contributed by atoms with Gasteiger partial charge in [-0.15, -0.1) is 0 Å². The smallest absolute Gasteiger partial charge is 0.434 e. The second-order valence-electron chi connectivity index (χ2n) is 6.85. The Morgan fingerprint density at radius 2 is 1.65 bits per heavy atom. The van der Waals surface area contributed by atoms with Gasteiger partial charge in [-0.05, 0) is 35.7 Å². The Morgan fingerprint density at radius 3 is 2.23 bits per heavy atom. The molecule has 0 radical (unpaired) electrons. The fraction of sp³-hybridized carbons (Fsp3) is 0.227. The summed E-state index contributed by atoms with van der Waals surface area (Å²) < 4.78 is 85.6. The standard InChI is InChI=1S/C22H19F4NO3S/c1-3-12-30-19-13-17(16-6-4-5-7-18(16)31(2,28)29)20(21(27-19)22(24,25)26)14-8-10-15(23)11-9-14/h4-11,13H,3,12H2,1-2H3. The lowest BCUT2D eigenvalue weighted by molar-refractivity contribution is -0.140. The van der Waals surface area contributed by atoms with Crippen molar-refractivity contribution in [2.45, 2.75) is 24.4 Å². The van der Waals surface area contributed by atoms with Crippen molar-refractivity contribution >= 4 is 9.84 Å². The highest BCUT2D eigenvalue weighted by atomic mass is 32.2. The minimum atomic E-state index is -4.87. The van der Waals surface area contributed by atoms with Crippen molar-refractivity contribution < 1.29 is 30.7 Å². The molecule has 31 heavy (non-hydrogen) atoms. The summed E-state index contributed by atoms with van der Waals surface area (Å²) in [6.07, 6.45) is -3.36. The number of alkyl halides is 3. The first-order valence-corrected chi connectivity index (χ1v) is 11.2. The van der Waals surface area contributed by atoms with Crippen LogP contribution in [0, 0.1) is 5.82 Å². The molecule has 2 aromatic carbocycles. The zero-order valence-corrected chi connectivity index (χ0v) is 17.5. The summed E-state index contributed by atoms with van der Waals surface area (Å²) in [6.45, 7) is 1.92. The second kappa shape index (κ2) is 8.66. The van der Waals surface area contributed by atoms with E-state index in [2.05, 4.69) is 4.98 Å². The van der Waals surface area contributed by atoms with Crippen LogP contribution in [-0.2, 0) is 16.0 Å². The van der Waals surface area contributed by atoms with Crippen molar-refractivity contribution in [2.75, 3.05) is 12.9 Å². The predicted molar refractivity (Wildman–Crippen MR) is 109 cm³/mol. The molecule has 0 bridgehead atoms. The van der Waals surface area contributed by atoms with Crippen LogP contribution in [0.4, 0.5) is 17.6 Å². The fourth-order valence-corrected chi connectivity index (χ4v) is 4.04. The van der Waals surface area contributed by atoms with Crippen LogP contribution in [0.2, 0.25) is 0 Å². The monoisotopic (exact) mass is 453 g/mol. The Kier molecular flexibility index (Phi) is 6.35. The number of halogens is 4. The van der Waals surface area contributed by atoms with Gasteiger partial charge in [-0.2, -0.15) is 13.2 Å². The van der Waals surface area contributed by atoms with E-state index in [-0.39, 0.29) is 39.6 Å². The molecule has 0 aliphatic carbocycles. The lowest BCUT2D eigenvalue weighted by atomic mass is 9.93. The van der Waals surface area contributed by atoms with Crippen molar-refractivity contribution in [3.8, 4) is 28.1 Å². The summed E-state index contributed by atoms with van der Waals surface area (Å²) in [7, 11) is -3.77. The third kappa shape index (κ3) is 5.04. The molecule has 0 fully saturated rings. The number of nitrogens with zero attached hydrogens (tertiary/aromatic N) is 1. The van der Waals surface area contributed by atoms with Gasteiger partial charge in [0.05, 0.1) is 11.5 Å². The minimum absolute atomic E-state index is 0.0268. The topological polar surface area (TPSA) is 56.3 Å². The van der Waals surface area contributed by atoms with Crippen molar-refractivity contribution in [3.63, 3.8) is 0 Å². The first kappa shape index (κ1) is 22.7. The zero-order chi connectivity index (χ0) is 22.8. The van der Waals surface area contributed by atoms with Crippen LogP contribution in [0.15, 0.2) is 59.5 Å². The van der Waals surface area contributed by atoms with Gasteiger partial charge in [0.25, 0.3) is 0 Å². The first-order chi connectivity index (χ1) is 14.5. The Morgan fingerprint density at radius 1 is 1.00 bits per heavy atom. The van der Waals surface area contributed by atoms with Gasteiger partial charge in [-0.25, -0.2) is 17.8 Å². The van der Waals surface area contributed by atoms with Gasteiger partial charge in [-0.3, -0.25) is 0 Å². The van der Waals surface area contributed by atoms with Gasteiger partial charge in [0.2, 0.25) is 5.88 Å². The molecule has 0 N–H and O–H groups in total. The molecule has 0 saturated heterocycles. The molecular formula is C22H19F4NO3S. The number of pyridine rings is 1. The zero-order valence-electron chi connectivity index (χ0n) is 16.7. The fourth-order valence-electron chi connectivity index (χ4n) is 3.14. The normalized spacial score (nSPS) is 12.1. The molecule has 0 atom stereocenters. The summed E-state index contributed by atoms with van der Waals surface area (Å²) in [5.74, 6) is -0.899. The van der Waals surface area contributed by atoms with E-state index in [4.69, 9.17) is 4.74 Å². The maximum absolute atomic E-state index is 14.0. The average molecular weight is 453 g/mol. The van der Waals surface area contributed by atoms with Gasteiger partial charge in [0.1, 0.15) is 5.82 Å². The van der Waals surface area contributed by atoms with Crippen LogP contribution in [0.3, 0.4) is 0 Å². The van der Waals surface area contributed by atoms with Crippen LogP contribution in [-0.4, -0.2) is 26.3 Å². The molecule has 1 heterocycles. The summed E-state index contributed by atoms with van der Waals surface area (Å²) in [5, 5.41) is 0. The van der Waals surface area contributed by atoms with Crippen LogP contribution >= 0.6 is 0 Å². The highest BCUT2D eigenvalue weighted by Gasteiger charge is 2.38. The van der Waals surface area contributed by atoms with Crippen molar-refractivity contribution in [3.05, 3.63) is 66.1 Å². The molecule has 164 valence electrons. The third-order valence-corrected chi connectivity index (χ3v) is 5.58. The summed E-state index contributed by atoms with van der Waals surface area (Å²) >= 11 is 0. The van der Waals surface area contributed by atoms with E-state index in [1.54, 1.807) is 6.92 Å². The van der Waals surface area contributed by atoms with Gasteiger partial charge in [0.15, 0.2) is 15.5 Å². The maximum atomic E-state index is 14.0. The predicted octanol–water partition coefficient (Wildman–Crippen LogP) is 5.77. The van der Waals surface area contributed by atoms with Crippen LogP contribution < -0.4 is 4.74 Å². The van der Waals surface area contributed by atoms with E-state index < -0.39 is 27.5 Å². The van der Waals surface area contributed by atoms with E-state index in [0.29, 0.717) is 6.42 Å². The molecule has 0 unspecified atom stereocenters. The van der Waals surface area contributed by atoms with E-state index >= 15 is 0 Å². The molecule has 0 saturated carbocycles. The Hall–Kier alpha value is -2.94. The molecule has 4 nitrogen and oxygen atoms in total. The quantitative estimate of drug-likeness (QED) is 0.445. The molecular weight excluding hydrogens is 434 g/mol. The third-order valence-electron chi connectivity index (χ3n) is 4.43. The Bertz CT molecular complexity index is 1190. The number of hydrogen-bond donors (Lipinski definition) is 0. The van der Waals surface area contributed by atoms with Crippen molar-refractivity contribution in [1.29, 1.82) is 0 Å². The van der Waals surface area contributed by atoms with Gasteiger partial charge >= 0.3 is 6.18 Å². The Labute approximate surface area is 177 Å². The van der Waals surface area contributed by atoms with Crippen LogP contribution in [0.5, 0.6) is 5.88 Å². The maximum Gasteiger partial charge on any atom is 0.434 e. The molecule has 9 heteroatoms. The largest absolute Gasteiger partial charge is 0.478 e. The SMILES string of the molecule is CCCOc1cc(-c2ccccc2S(C)(=O)=O)c(-c2ccc(F)cc2)c(C(F)(F)F)n1. The summed E-state index contributed by atoms with van der Waals surface area (Å²) in [4.78, 5) is 3.53. The lowest BCUT2D eigenvalue weighted by Gasteiger charge is -2.20. The number of aromatic nitrogens is 1. The number of sulfone groups is 1. The minimum Gasteiger partial charge on any atom is -0.478 e. The summed E-state index contributed by atoms with van der Waals surface area (Å²) in [5.41, 5.74) is -1.51. The highest BCUT2D eigenvalue weighted by Crippen LogP contribution is 2.44.